The minimum absolute atomic E-state index is 0.375. The highest BCUT2D eigenvalue weighted by molar-refractivity contribution is 5.88. The molecule has 0 saturated carbocycles. The van der Waals surface area contributed by atoms with Gasteiger partial charge in [0.25, 0.3) is 0 Å². The Morgan fingerprint density at radius 2 is 0.800 bits per heavy atom. The molecule has 0 spiro atoms. The molecule has 202 valence electrons. The van der Waals surface area contributed by atoms with Crippen LogP contribution in [0.4, 0.5) is 0 Å². The molecule has 5 aromatic rings. The van der Waals surface area contributed by atoms with Crippen LogP contribution < -0.4 is 18.9 Å². The summed E-state index contributed by atoms with van der Waals surface area (Å²) in [5.41, 5.74) is 1.71. The van der Waals surface area contributed by atoms with Gasteiger partial charge in [0.15, 0.2) is 0 Å². The molecule has 0 radical (unpaired) electrons. The molecule has 0 heterocycles. The van der Waals surface area contributed by atoms with E-state index >= 15 is 0 Å². The molecule has 0 aliphatic carbocycles. The van der Waals surface area contributed by atoms with Crippen molar-refractivity contribution in [1.82, 2.24) is 0 Å². The third-order valence-electron chi connectivity index (χ3n) is 7.11. The van der Waals surface area contributed by atoms with Gasteiger partial charge in [-0.2, -0.15) is 0 Å². The van der Waals surface area contributed by atoms with Crippen LogP contribution in [0.1, 0.15) is 36.8 Å². The summed E-state index contributed by atoms with van der Waals surface area (Å²) < 4.78 is 21.8. The van der Waals surface area contributed by atoms with E-state index in [0.29, 0.717) is 11.5 Å². The maximum Gasteiger partial charge on any atom is 0.318 e. The van der Waals surface area contributed by atoms with Crippen molar-refractivity contribution in [1.29, 1.82) is 0 Å². The van der Waals surface area contributed by atoms with Crippen LogP contribution in [0.25, 0.3) is 21.5 Å². The molecular weight excluding hydrogens is 504 g/mol. The lowest BCUT2D eigenvalue weighted by molar-refractivity contribution is -0.136. The molecule has 0 aromatic heterocycles. The lowest BCUT2D eigenvalue weighted by atomic mass is 9.98. The van der Waals surface area contributed by atoms with Crippen molar-refractivity contribution in [2.24, 2.45) is 0 Å². The van der Waals surface area contributed by atoms with E-state index in [1.54, 1.807) is 38.5 Å². The van der Waals surface area contributed by atoms with E-state index in [1.807, 2.05) is 86.6 Å². The number of esters is 2. The van der Waals surface area contributed by atoms with Gasteiger partial charge in [-0.05, 0) is 95.1 Å². The number of carbonyl (C=O) groups excluding carboxylic acids is 2. The van der Waals surface area contributed by atoms with Gasteiger partial charge in [0.2, 0.25) is 0 Å². The van der Waals surface area contributed by atoms with E-state index in [4.69, 9.17) is 18.9 Å². The summed E-state index contributed by atoms with van der Waals surface area (Å²) in [6, 6.07) is 29.8. The van der Waals surface area contributed by atoms with Crippen molar-refractivity contribution in [2.45, 2.75) is 25.7 Å². The molecular formula is C34H30O6. The molecule has 40 heavy (non-hydrogen) atoms. The van der Waals surface area contributed by atoms with E-state index in [2.05, 4.69) is 0 Å². The SMILES string of the molecule is COc1ccc2cc(C(C)C(=O)Oc3ccc(OC(=O)C(C)c4ccc5cc(OC)ccc5c4)cc3)ccc2c1. The Hall–Kier alpha value is -4.84. The first-order valence-electron chi connectivity index (χ1n) is 13.0. The Labute approximate surface area is 233 Å². The lowest BCUT2D eigenvalue weighted by Gasteiger charge is -2.14. The molecule has 5 rings (SSSR count). The number of benzene rings is 5. The Kier molecular flexibility index (Phi) is 7.69. The Bertz CT molecular complexity index is 1560. The minimum Gasteiger partial charge on any atom is -0.497 e. The summed E-state index contributed by atoms with van der Waals surface area (Å²) in [6.45, 7) is 3.63. The standard InChI is InChI=1S/C34H30O6/c1-21(23-5-7-27-19-31(37-3)11-9-25(27)17-23)33(35)39-29-13-15-30(16-14-29)40-34(36)22(2)24-6-8-28-20-32(38-4)12-10-26(28)18-24/h5-22H,1-4H3. The lowest BCUT2D eigenvalue weighted by Crippen LogP contribution is -2.17. The van der Waals surface area contributed by atoms with Crippen molar-refractivity contribution in [3.63, 3.8) is 0 Å². The second-order valence-corrected chi connectivity index (χ2v) is 9.70. The van der Waals surface area contributed by atoms with Gasteiger partial charge >= 0.3 is 11.9 Å². The van der Waals surface area contributed by atoms with Crippen LogP contribution in [-0.4, -0.2) is 26.2 Å². The number of rotatable bonds is 8. The average Bonchev–Trinajstić information content (AvgIpc) is 3.00. The van der Waals surface area contributed by atoms with Crippen molar-refractivity contribution in [2.75, 3.05) is 14.2 Å². The molecule has 0 N–H and O–H groups in total. The minimum atomic E-state index is -0.465. The van der Waals surface area contributed by atoms with Gasteiger partial charge in [0.05, 0.1) is 26.1 Å². The molecule has 5 aromatic carbocycles. The fourth-order valence-electron chi connectivity index (χ4n) is 4.53. The number of carbonyl (C=O) groups is 2. The fourth-order valence-corrected chi connectivity index (χ4v) is 4.53. The van der Waals surface area contributed by atoms with Crippen molar-refractivity contribution >= 4 is 33.5 Å². The zero-order chi connectivity index (χ0) is 28.2. The number of fused-ring (bicyclic) bond motifs is 2. The summed E-state index contributed by atoms with van der Waals surface area (Å²) in [6.07, 6.45) is 0. The first-order chi connectivity index (χ1) is 19.3. The molecule has 0 saturated heterocycles. The summed E-state index contributed by atoms with van der Waals surface area (Å²) in [7, 11) is 3.27. The quantitative estimate of drug-likeness (QED) is 0.152. The normalized spacial score (nSPS) is 12.5. The Morgan fingerprint density at radius 3 is 1.18 bits per heavy atom. The predicted octanol–water partition coefficient (Wildman–Crippen LogP) is 7.43. The van der Waals surface area contributed by atoms with Crippen molar-refractivity contribution < 1.29 is 28.5 Å². The average molecular weight is 535 g/mol. The number of hydrogen-bond acceptors (Lipinski definition) is 6. The van der Waals surface area contributed by atoms with Crippen molar-refractivity contribution in [3.8, 4) is 23.0 Å². The van der Waals surface area contributed by atoms with Crippen LogP contribution in [0.3, 0.4) is 0 Å². The van der Waals surface area contributed by atoms with Gasteiger partial charge in [0.1, 0.15) is 23.0 Å². The summed E-state index contributed by atoms with van der Waals surface area (Å²) in [5, 5.41) is 4.10. The molecule has 0 aliphatic rings. The second kappa shape index (κ2) is 11.5. The monoisotopic (exact) mass is 534 g/mol. The van der Waals surface area contributed by atoms with Gasteiger partial charge < -0.3 is 18.9 Å². The molecule has 0 aliphatic heterocycles. The summed E-state index contributed by atoms with van der Waals surface area (Å²) >= 11 is 0. The molecule has 0 amide bonds. The molecule has 6 nitrogen and oxygen atoms in total. The van der Waals surface area contributed by atoms with Gasteiger partial charge in [-0.15, -0.1) is 0 Å². The van der Waals surface area contributed by atoms with Crippen LogP contribution in [0.15, 0.2) is 97.1 Å². The summed E-state index contributed by atoms with van der Waals surface area (Å²) in [5.74, 6) is 0.638. The van der Waals surface area contributed by atoms with Crippen LogP contribution in [0.2, 0.25) is 0 Å². The van der Waals surface area contributed by atoms with E-state index in [0.717, 1.165) is 44.2 Å². The Balaban J connectivity index is 1.21. The van der Waals surface area contributed by atoms with Gasteiger partial charge in [0, 0.05) is 0 Å². The molecule has 0 fully saturated rings. The zero-order valence-corrected chi connectivity index (χ0v) is 22.8. The largest absolute Gasteiger partial charge is 0.497 e. The van der Waals surface area contributed by atoms with Gasteiger partial charge in [-0.25, -0.2) is 0 Å². The second-order valence-electron chi connectivity index (χ2n) is 9.70. The fraction of sp³-hybridized carbons (Fsp3) is 0.176. The van der Waals surface area contributed by atoms with Gasteiger partial charge in [-0.1, -0.05) is 48.5 Å². The van der Waals surface area contributed by atoms with E-state index in [-0.39, 0.29) is 11.9 Å². The number of ether oxygens (including phenoxy) is 4. The van der Waals surface area contributed by atoms with Crippen LogP contribution in [0, 0.1) is 0 Å². The zero-order valence-electron chi connectivity index (χ0n) is 22.8. The highest BCUT2D eigenvalue weighted by Gasteiger charge is 2.20. The number of hydrogen-bond donors (Lipinski definition) is 0. The van der Waals surface area contributed by atoms with Crippen LogP contribution in [-0.2, 0) is 9.59 Å². The predicted molar refractivity (Wildman–Crippen MR) is 156 cm³/mol. The van der Waals surface area contributed by atoms with E-state index in [9.17, 15) is 9.59 Å². The molecule has 2 unspecified atom stereocenters. The Morgan fingerprint density at radius 1 is 0.475 bits per heavy atom. The third-order valence-corrected chi connectivity index (χ3v) is 7.11. The van der Waals surface area contributed by atoms with Gasteiger partial charge in [-0.3, -0.25) is 9.59 Å². The van der Waals surface area contributed by atoms with E-state index in [1.165, 1.54) is 0 Å². The summed E-state index contributed by atoms with van der Waals surface area (Å²) in [4.78, 5) is 25.7. The number of methoxy groups -OCH3 is 2. The highest BCUT2D eigenvalue weighted by atomic mass is 16.5. The maximum atomic E-state index is 12.9. The van der Waals surface area contributed by atoms with E-state index < -0.39 is 11.8 Å². The smallest absolute Gasteiger partial charge is 0.318 e. The van der Waals surface area contributed by atoms with Crippen LogP contribution >= 0.6 is 0 Å². The molecule has 2 atom stereocenters. The maximum absolute atomic E-state index is 12.9. The van der Waals surface area contributed by atoms with Crippen LogP contribution in [0.5, 0.6) is 23.0 Å². The van der Waals surface area contributed by atoms with Crippen molar-refractivity contribution in [3.05, 3.63) is 108 Å². The first kappa shape index (κ1) is 26.8. The molecule has 0 bridgehead atoms. The highest BCUT2D eigenvalue weighted by Crippen LogP contribution is 2.29. The topological polar surface area (TPSA) is 71.1 Å². The third kappa shape index (κ3) is 5.76. The first-order valence-corrected chi connectivity index (χ1v) is 13.0. The molecule has 6 heteroatoms.